The van der Waals surface area contributed by atoms with E-state index in [1.807, 2.05) is 0 Å². The van der Waals surface area contributed by atoms with Crippen LogP contribution < -0.4 is 0 Å². The van der Waals surface area contributed by atoms with Crippen molar-refractivity contribution in [3.05, 3.63) is 10.4 Å². The molecule has 4 nitrogen and oxygen atoms in total. The van der Waals surface area contributed by atoms with Gasteiger partial charge in [0.15, 0.2) is 0 Å². The largest absolute Gasteiger partial charge is 0.243 e. The third-order valence-corrected chi connectivity index (χ3v) is 4.04. The van der Waals surface area contributed by atoms with E-state index in [0.717, 1.165) is 0 Å². The van der Waals surface area contributed by atoms with Crippen LogP contribution in [-0.2, 0) is 0 Å². The third kappa shape index (κ3) is 2.82. The van der Waals surface area contributed by atoms with Crippen molar-refractivity contribution < 1.29 is 0 Å². The van der Waals surface area contributed by atoms with Crippen LogP contribution in [0.15, 0.2) is 5.22 Å². The molecule has 2 aliphatic carbocycles. The van der Waals surface area contributed by atoms with Crippen molar-refractivity contribution >= 4 is 0 Å². The van der Waals surface area contributed by atoms with E-state index >= 15 is 0 Å². The van der Waals surface area contributed by atoms with Crippen LogP contribution in [0.4, 0.5) is 0 Å². The van der Waals surface area contributed by atoms with Gasteiger partial charge in [-0.3, -0.25) is 0 Å². The van der Waals surface area contributed by atoms with Crippen LogP contribution >= 0.6 is 0 Å². The van der Waals surface area contributed by atoms with Crippen molar-refractivity contribution in [2.45, 2.75) is 76.3 Å². The van der Waals surface area contributed by atoms with Gasteiger partial charge >= 0.3 is 0 Å². The molecular weight excluding hydrogens is 200 g/mol. The summed E-state index contributed by atoms with van der Waals surface area (Å²) in [6.45, 7) is 0. The second-order valence-corrected chi connectivity index (χ2v) is 5.14. The molecule has 0 saturated heterocycles. The molecule has 0 aliphatic heterocycles. The molecule has 0 radical (unpaired) electrons. The highest BCUT2D eigenvalue weighted by molar-refractivity contribution is 4.81. The molecule has 0 aromatic rings. The van der Waals surface area contributed by atoms with Gasteiger partial charge in [0.25, 0.3) is 0 Å². The first-order valence-corrected chi connectivity index (χ1v) is 6.75. The van der Waals surface area contributed by atoms with Gasteiger partial charge < -0.3 is 0 Å². The summed E-state index contributed by atoms with van der Waals surface area (Å²) in [5.41, 5.74) is 8.71. The first-order chi connectivity index (χ1) is 7.92. The average molecular weight is 222 g/mol. The lowest BCUT2D eigenvalue weighted by atomic mass is 9.90. The molecular formula is C12H22N4. The van der Waals surface area contributed by atoms with Crippen LogP contribution in [0.1, 0.15) is 64.2 Å². The Morgan fingerprint density at radius 2 is 1.25 bits per heavy atom. The summed E-state index contributed by atoms with van der Waals surface area (Å²) in [4.78, 5) is 3.04. The van der Waals surface area contributed by atoms with E-state index in [1.165, 1.54) is 64.2 Å². The first-order valence-electron chi connectivity index (χ1n) is 6.75. The number of hydrogen-bond acceptors (Lipinski definition) is 1. The smallest absolute Gasteiger partial charge is 0.0993 e. The highest BCUT2D eigenvalue weighted by atomic mass is 15.6. The van der Waals surface area contributed by atoms with Gasteiger partial charge in [0.1, 0.15) is 0 Å². The molecule has 2 rings (SSSR count). The molecule has 0 aromatic carbocycles. The van der Waals surface area contributed by atoms with Crippen LogP contribution in [0.3, 0.4) is 0 Å². The summed E-state index contributed by atoms with van der Waals surface area (Å²) in [6.07, 6.45) is 12.8. The molecule has 0 aromatic heterocycles. The van der Waals surface area contributed by atoms with Crippen molar-refractivity contribution in [3.63, 3.8) is 0 Å². The first kappa shape index (κ1) is 11.6. The zero-order chi connectivity index (χ0) is 11.2. The monoisotopic (exact) mass is 222 g/mol. The van der Waals surface area contributed by atoms with Crippen molar-refractivity contribution in [3.8, 4) is 0 Å². The van der Waals surface area contributed by atoms with E-state index in [9.17, 15) is 0 Å². The topological polar surface area (TPSA) is 52.0 Å². The summed E-state index contributed by atoms with van der Waals surface area (Å²) < 4.78 is 0. The van der Waals surface area contributed by atoms with Crippen LogP contribution in [0, 0.1) is 0 Å². The Morgan fingerprint density at radius 1 is 0.812 bits per heavy atom. The van der Waals surface area contributed by atoms with Gasteiger partial charge in [0, 0.05) is 0 Å². The Kier molecular flexibility index (Phi) is 4.34. The Morgan fingerprint density at radius 3 is 1.62 bits per heavy atom. The van der Waals surface area contributed by atoms with E-state index in [4.69, 9.17) is 5.53 Å². The molecule has 0 amide bonds. The van der Waals surface area contributed by atoms with Gasteiger partial charge in [-0.2, -0.15) is 4.91 Å². The highest BCUT2D eigenvalue weighted by Gasteiger charge is 2.30. The minimum Gasteiger partial charge on any atom is -0.243 e. The van der Waals surface area contributed by atoms with E-state index in [-0.39, 0.29) is 0 Å². The van der Waals surface area contributed by atoms with Crippen molar-refractivity contribution in [1.82, 2.24) is 5.01 Å². The molecule has 0 heterocycles. The number of rotatable bonds is 3. The minimum absolute atomic E-state index is 0.521. The predicted octanol–water partition coefficient (Wildman–Crippen LogP) is 4.18. The number of nitrogens with zero attached hydrogens (tertiary/aromatic N) is 4. The van der Waals surface area contributed by atoms with Crippen LogP contribution in [0.2, 0.25) is 0 Å². The third-order valence-electron chi connectivity index (χ3n) is 4.04. The zero-order valence-corrected chi connectivity index (χ0v) is 10.0. The van der Waals surface area contributed by atoms with E-state index in [2.05, 4.69) is 15.1 Å². The van der Waals surface area contributed by atoms with Crippen molar-refractivity contribution in [2.24, 2.45) is 5.22 Å². The van der Waals surface area contributed by atoms with Gasteiger partial charge in [0.05, 0.1) is 12.1 Å². The molecule has 0 N–H and O–H groups in total. The Bertz CT molecular complexity index is 230. The van der Waals surface area contributed by atoms with Gasteiger partial charge in [-0.05, 0) is 56.6 Å². The maximum Gasteiger partial charge on any atom is 0.0993 e. The normalized spacial score (nSPS) is 23.8. The molecule has 2 aliphatic rings. The van der Waals surface area contributed by atoms with Gasteiger partial charge in [-0.25, -0.2) is 5.01 Å². The number of azide groups is 1. The van der Waals surface area contributed by atoms with Crippen LogP contribution in [-0.4, -0.2) is 17.1 Å². The molecule has 2 saturated carbocycles. The molecule has 0 spiro atoms. The fraction of sp³-hybridized carbons (Fsp3) is 1.00. The van der Waals surface area contributed by atoms with E-state index in [1.54, 1.807) is 0 Å². The van der Waals surface area contributed by atoms with Crippen molar-refractivity contribution in [2.75, 3.05) is 0 Å². The lowest BCUT2D eigenvalue weighted by molar-refractivity contribution is 0.0819. The fourth-order valence-corrected chi connectivity index (χ4v) is 3.18. The summed E-state index contributed by atoms with van der Waals surface area (Å²) in [5, 5.41) is 6.09. The van der Waals surface area contributed by atoms with Gasteiger partial charge in [0.2, 0.25) is 0 Å². The predicted molar refractivity (Wildman–Crippen MR) is 64.7 cm³/mol. The second-order valence-electron chi connectivity index (χ2n) is 5.14. The van der Waals surface area contributed by atoms with Crippen LogP contribution in [0.5, 0.6) is 0 Å². The Hall–Kier alpha value is -0.890. The average Bonchev–Trinajstić information content (AvgIpc) is 2.38. The number of hydrogen-bond donors (Lipinski definition) is 0. The van der Waals surface area contributed by atoms with Crippen LogP contribution in [0.25, 0.3) is 10.4 Å². The molecule has 2 fully saturated rings. The lowest BCUT2D eigenvalue weighted by Crippen LogP contribution is -2.41. The van der Waals surface area contributed by atoms with E-state index < -0.39 is 0 Å². The fourth-order valence-electron chi connectivity index (χ4n) is 3.18. The van der Waals surface area contributed by atoms with Crippen molar-refractivity contribution in [1.29, 1.82) is 0 Å². The van der Waals surface area contributed by atoms with Gasteiger partial charge in [-0.1, -0.05) is 12.8 Å². The Balaban J connectivity index is 1.99. The minimum atomic E-state index is 0.521. The molecule has 0 unspecified atom stereocenters. The molecule has 4 heteroatoms. The zero-order valence-electron chi connectivity index (χ0n) is 10.0. The molecule has 0 bridgehead atoms. The summed E-state index contributed by atoms with van der Waals surface area (Å²) in [7, 11) is 0. The molecule has 90 valence electrons. The maximum absolute atomic E-state index is 8.71. The second kappa shape index (κ2) is 6.00. The quantitative estimate of drug-likeness (QED) is 0.306. The van der Waals surface area contributed by atoms with E-state index in [0.29, 0.717) is 12.1 Å². The standard InChI is InChI=1S/C12H22N4/c13-14-15-16(11-7-3-1-4-8-11)12-9-5-2-6-10-12/h11-12H,1-10H2. The summed E-state index contributed by atoms with van der Waals surface area (Å²) in [6, 6.07) is 1.04. The summed E-state index contributed by atoms with van der Waals surface area (Å²) in [5.74, 6) is 0. The highest BCUT2D eigenvalue weighted by Crippen LogP contribution is 2.30. The molecule has 0 atom stereocenters. The van der Waals surface area contributed by atoms with Gasteiger partial charge in [-0.15, -0.1) is 5.53 Å². The molecule has 16 heavy (non-hydrogen) atoms. The Labute approximate surface area is 97.6 Å². The summed E-state index contributed by atoms with van der Waals surface area (Å²) >= 11 is 0. The SMILES string of the molecule is [N-]=[N+]=NN(C1CCCCC1)C1CCCCC1. The maximum atomic E-state index is 8.71. The lowest BCUT2D eigenvalue weighted by Gasteiger charge is -2.35.